The summed E-state index contributed by atoms with van der Waals surface area (Å²) >= 11 is 0. The highest BCUT2D eigenvalue weighted by Gasteiger charge is 1.98. The second-order valence-electron chi connectivity index (χ2n) is 3.68. The summed E-state index contributed by atoms with van der Waals surface area (Å²) in [6.45, 7) is 6.28. The minimum Gasteiger partial charge on any atom is -0.328 e. The molecule has 66 valence electrons. The topological polar surface area (TPSA) is 26.0 Å². The van der Waals surface area contributed by atoms with Gasteiger partial charge in [-0.05, 0) is 32.8 Å². The van der Waals surface area contributed by atoms with Crippen LogP contribution in [0.1, 0.15) is 23.6 Å². The van der Waals surface area contributed by atoms with Gasteiger partial charge in [0, 0.05) is 6.04 Å². The molecule has 0 aromatic heterocycles. The molecule has 1 heteroatoms. The van der Waals surface area contributed by atoms with Gasteiger partial charge in [0.1, 0.15) is 0 Å². The Morgan fingerprint density at radius 2 is 1.67 bits per heavy atom. The molecule has 0 spiro atoms. The summed E-state index contributed by atoms with van der Waals surface area (Å²) in [5.41, 5.74) is 9.72. The average molecular weight is 163 g/mol. The molecule has 1 nitrogen and oxygen atoms in total. The van der Waals surface area contributed by atoms with E-state index in [9.17, 15) is 0 Å². The van der Waals surface area contributed by atoms with Crippen molar-refractivity contribution in [2.45, 2.75) is 33.2 Å². The van der Waals surface area contributed by atoms with Crippen LogP contribution in [-0.4, -0.2) is 6.04 Å². The molecule has 0 aliphatic carbocycles. The summed E-state index contributed by atoms with van der Waals surface area (Å²) in [4.78, 5) is 0. The minimum atomic E-state index is 0.256. The molecule has 0 saturated carbocycles. The molecule has 0 heterocycles. The number of rotatable bonds is 2. The Morgan fingerprint density at radius 1 is 1.17 bits per heavy atom. The summed E-state index contributed by atoms with van der Waals surface area (Å²) in [7, 11) is 0. The third-order valence-corrected chi connectivity index (χ3v) is 1.84. The fraction of sp³-hybridized carbons (Fsp3) is 0.455. The highest BCUT2D eigenvalue weighted by atomic mass is 14.6. The predicted molar refractivity (Wildman–Crippen MR) is 53.3 cm³/mol. The van der Waals surface area contributed by atoms with Gasteiger partial charge in [0.25, 0.3) is 0 Å². The van der Waals surface area contributed by atoms with Gasteiger partial charge in [0.2, 0.25) is 0 Å². The van der Waals surface area contributed by atoms with Crippen LogP contribution in [0.2, 0.25) is 0 Å². The van der Waals surface area contributed by atoms with Crippen molar-refractivity contribution in [3.8, 4) is 0 Å². The zero-order chi connectivity index (χ0) is 9.14. The lowest BCUT2D eigenvalue weighted by Crippen LogP contribution is -2.17. The van der Waals surface area contributed by atoms with Crippen molar-refractivity contribution >= 4 is 0 Å². The Hall–Kier alpha value is -0.820. The molecule has 0 aliphatic rings. The van der Waals surface area contributed by atoms with E-state index in [1.807, 2.05) is 6.92 Å². The zero-order valence-electron chi connectivity index (χ0n) is 8.09. The van der Waals surface area contributed by atoms with E-state index in [1.54, 1.807) is 0 Å². The van der Waals surface area contributed by atoms with Crippen LogP contribution in [0.25, 0.3) is 0 Å². The first-order chi connectivity index (χ1) is 5.58. The van der Waals surface area contributed by atoms with Gasteiger partial charge in [-0.2, -0.15) is 0 Å². The maximum Gasteiger partial charge on any atom is 0.00509 e. The number of hydrogen-bond acceptors (Lipinski definition) is 1. The van der Waals surface area contributed by atoms with Crippen LogP contribution in [0.3, 0.4) is 0 Å². The van der Waals surface area contributed by atoms with Crippen LogP contribution in [0, 0.1) is 13.8 Å². The molecule has 1 atom stereocenters. The molecule has 1 aromatic carbocycles. The van der Waals surface area contributed by atoms with E-state index >= 15 is 0 Å². The minimum absolute atomic E-state index is 0.256. The second kappa shape index (κ2) is 3.72. The van der Waals surface area contributed by atoms with E-state index < -0.39 is 0 Å². The molecule has 0 aliphatic heterocycles. The Morgan fingerprint density at radius 3 is 2.08 bits per heavy atom. The summed E-state index contributed by atoms with van der Waals surface area (Å²) in [6, 6.07) is 6.85. The number of nitrogens with two attached hydrogens (primary N) is 1. The predicted octanol–water partition coefficient (Wildman–Crippen LogP) is 2.19. The molecule has 0 fully saturated rings. The summed E-state index contributed by atoms with van der Waals surface area (Å²) in [6.07, 6.45) is 0.975. The van der Waals surface area contributed by atoms with Gasteiger partial charge in [0.05, 0.1) is 0 Å². The summed E-state index contributed by atoms with van der Waals surface area (Å²) in [5, 5.41) is 0. The van der Waals surface area contributed by atoms with Crippen LogP contribution in [0.15, 0.2) is 18.2 Å². The van der Waals surface area contributed by atoms with Crippen LogP contribution in [-0.2, 0) is 6.42 Å². The van der Waals surface area contributed by atoms with Gasteiger partial charge in [-0.1, -0.05) is 29.3 Å². The lowest BCUT2D eigenvalue weighted by atomic mass is 10.0. The van der Waals surface area contributed by atoms with Crippen molar-refractivity contribution < 1.29 is 0 Å². The van der Waals surface area contributed by atoms with E-state index in [-0.39, 0.29) is 6.04 Å². The molecule has 1 aromatic rings. The Balaban J connectivity index is 2.85. The maximum atomic E-state index is 5.72. The maximum absolute atomic E-state index is 5.72. The van der Waals surface area contributed by atoms with Crippen molar-refractivity contribution in [2.24, 2.45) is 5.73 Å². The molecule has 1 rings (SSSR count). The van der Waals surface area contributed by atoms with Crippen LogP contribution in [0.4, 0.5) is 0 Å². The quantitative estimate of drug-likeness (QED) is 0.710. The van der Waals surface area contributed by atoms with Crippen LogP contribution < -0.4 is 5.73 Å². The van der Waals surface area contributed by atoms with Crippen molar-refractivity contribution in [1.82, 2.24) is 0 Å². The molecular formula is C11H17N. The fourth-order valence-electron chi connectivity index (χ4n) is 1.56. The normalized spacial score (nSPS) is 13.0. The molecule has 0 bridgehead atoms. The number of hydrogen-bond donors (Lipinski definition) is 1. The molecule has 12 heavy (non-hydrogen) atoms. The van der Waals surface area contributed by atoms with Gasteiger partial charge in [-0.15, -0.1) is 0 Å². The van der Waals surface area contributed by atoms with Gasteiger partial charge < -0.3 is 5.73 Å². The van der Waals surface area contributed by atoms with E-state index in [0.717, 1.165) is 6.42 Å². The SMILES string of the molecule is Cc1cc(C)cc(C[C@@H](C)N)c1. The van der Waals surface area contributed by atoms with Crippen LogP contribution in [0.5, 0.6) is 0 Å². The molecule has 0 unspecified atom stereocenters. The molecule has 0 saturated heterocycles. The molecular weight excluding hydrogens is 146 g/mol. The standard InChI is InChI=1S/C11H17N/c1-8-4-9(2)6-11(5-8)7-10(3)12/h4-6,10H,7,12H2,1-3H3/t10-/m1/s1. The lowest BCUT2D eigenvalue weighted by molar-refractivity contribution is 0.737. The highest BCUT2D eigenvalue weighted by molar-refractivity contribution is 5.28. The van der Waals surface area contributed by atoms with Gasteiger partial charge in [0.15, 0.2) is 0 Å². The zero-order valence-corrected chi connectivity index (χ0v) is 8.09. The third-order valence-electron chi connectivity index (χ3n) is 1.84. The monoisotopic (exact) mass is 163 g/mol. The van der Waals surface area contributed by atoms with E-state index in [0.29, 0.717) is 0 Å². The second-order valence-corrected chi connectivity index (χ2v) is 3.68. The van der Waals surface area contributed by atoms with E-state index in [2.05, 4.69) is 32.0 Å². The first-order valence-corrected chi connectivity index (χ1v) is 4.40. The summed E-state index contributed by atoms with van der Waals surface area (Å²) < 4.78 is 0. The molecule has 0 radical (unpaired) electrons. The van der Waals surface area contributed by atoms with Crippen molar-refractivity contribution in [2.75, 3.05) is 0 Å². The fourth-order valence-corrected chi connectivity index (χ4v) is 1.56. The molecule has 0 amide bonds. The number of aryl methyl sites for hydroxylation is 2. The third kappa shape index (κ3) is 2.67. The first-order valence-electron chi connectivity index (χ1n) is 4.40. The smallest absolute Gasteiger partial charge is 0.00509 e. The first kappa shape index (κ1) is 9.27. The van der Waals surface area contributed by atoms with Gasteiger partial charge in [-0.25, -0.2) is 0 Å². The Labute approximate surface area is 74.6 Å². The number of benzene rings is 1. The Bertz CT molecular complexity index is 243. The highest BCUT2D eigenvalue weighted by Crippen LogP contribution is 2.09. The van der Waals surface area contributed by atoms with E-state index in [1.165, 1.54) is 16.7 Å². The van der Waals surface area contributed by atoms with Crippen molar-refractivity contribution in [3.05, 3.63) is 34.9 Å². The lowest BCUT2D eigenvalue weighted by Gasteiger charge is -2.07. The molecule has 2 N–H and O–H groups in total. The van der Waals surface area contributed by atoms with Crippen molar-refractivity contribution in [1.29, 1.82) is 0 Å². The van der Waals surface area contributed by atoms with Gasteiger partial charge in [-0.3, -0.25) is 0 Å². The Kier molecular flexibility index (Phi) is 2.88. The largest absolute Gasteiger partial charge is 0.328 e. The van der Waals surface area contributed by atoms with E-state index in [4.69, 9.17) is 5.73 Å². The van der Waals surface area contributed by atoms with Crippen molar-refractivity contribution in [3.63, 3.8) is 0 Å². The summed E-state index contributed by atoms with van der Waals surface area (Å²) in [5.74, 6) is 0. The van der Waals surface area contributed by atoms with Crippen LogP contribution >= 0.6 is 0 Å². The van der Waals surface area contributed by atoms with Gasteiger partial charge >= 0.3 is 0 Å². The average Bonchev–Trinajstić information content (AvgIpc) is 1.81.